The second-order valence-electron chi connectivity index (χ2n) is 6.72. The summed E-state index contributed by atoms with van der Waals surface area (Å²) in [7, 11) is -1.24. The molecule has 2 aliphatic rings. The Morgan fingerprint density at radius 1 is 1.39 bits per heavy atom. The first kappa shape index (κ1) is 16.3. The molecular weight excluding hydrogens is 312 g/mol. The molecule has 1 saturated heterocycles. The molecule has 0 radical (unpaired) electrons. The molecule has 2 aliphatic heterocycles. The van der Waals surface area contributed by atoms with Gasteiger partial charge < -0.3 is 9.80 Å². The molecule has 5 nitrogen and oxygen atoms in total. The summed E-state index contributed by atoms with van der Waals surface area (Å²) in [4.78, 5) is 16.3. The highest BCUT2D eigenvalue weighted by molar-refractivity contribution is 7.91. The lowest BCUT2D eigenvalue weighted by molar-refractivity contribution is -0.130. The van der Waals surface area contributed by atoms with E-state index < -0.39 is 9.84 Å². The van der Waals surface area contributed by atoms with E-state index in [0.717, 1.165) is 25.1 Å². The fraction of sp³-hybridized carbons (Fsp3) is 0.588. The third-order valence-electron chi connectivity index (χ3n) is 4.93. The van der Waals surface area contributed by atoms with E-state index in [1.165, 1.54) is 11.1 Å². The first-order valence-corrected chi connectivity index (χ1v) is 9.98. The number of hydrogen-bond acceptors (Lipinski definition) is 4. The largest absolute Gasteiger partial charge is 0.362 e. The van der Waals surface area contributed by atoms with Crippen molar-refractivity contribution in [3.05, 3.63) is 29.3 Å². The van der Waals surface area contributed by atoms with E-state index in [2.05, 4.69) is 30.0 Å². The first-order valence-electron chi connectivity index (χ1n) is 8.16. The molecule has 0 N–H and O–H groups in total. The Morgan fingerprint density at radius 2 is 2.17 bits per heavy atom. The van der Waals surface area contributed by atoms with Gasteiger partial charge in [-0.05, 0) is 37.8 Å². The molecule has 1 aromatic carbocycles. The van der Waals surface area contributed by atoms with E-state index >= 15 is 0 Å². The SMILES string of the molecule is Cc1ccc2c(c1)CCCN2CC(=O)N(C)[C@H]1CCS(=O)(=O)C1. The van der Waals surface area contributed by atoms with E-state index in [1.54, 1.807) is 11.9 Å². The third kappa shape index (κ3) is 3.52. The van der Waals surface area contributed by atoms with Gasteiger partial charge in [0.05, 0.1) is 18.1 Å². The third-order valence-corrected chi connectivity index (χ3v) is 6.68. The number of sulfone groups is 1. The minimum atomic E-state index is -2.97. The Kier molecular flexibility index (Phi) is 4.36. The number of amides is 1. The zero-order valence-electron chi connectivity index (χ0n) is 13.8. The van der Waals surface area contributed by atoms with Gasteiger partial charge in [-0.15, -0.1) is 0 Å². The number of rotatable bonds is 3. The Labute approximate surface area is 138 Å². The zero-order valence-corrected chi connectivity index (χ0v) is 14.6. The second-order valence-corrected chi connectivity index (χ2v) is 8.95. The normalized spacial score (nSPS) is 22.7. The van der Waals surface area contributed by atoms with Crippen molar-refractivity contribution in [1.82, 2.24) is 4.90 Å². The van der Waals surface area contributed by atoms with Gasteiger partial charge in [-0.25, -0.2) is 8.42 Å². The van der Waals surface area contributed by atoms with Crippen LogP contribution < -0.4 is 4.90 Å². The van der Waals surface area contributed by atoms with Crippen molar-refractivity contribution in [2.45, 2.75) is 32.2 Å². The van der Waals surface area contributed by atoms with Gasteiger partial charge in [-0.1, -0.05) is 17.7 Å². The first-order chi connectivity index (χ1) is 10.9. The van der Waals surface area contributed by atoms with E-state index in [9.17, 15) is 13.2 Å². The number of aryl methyl sites for hydroxylation is 2. The molecule has 126 valence electrons. The van der Waals surface area contributed by atoms with Crippen LogP contribution in [-0.2, 0) is 21.1 Å². The molecular formula is C17H24N2O3S. The number of hydrogen-bond donors (Lipinski definition) is 0. The van der Waals surface area contributed by atoms with E-state index in [0.29, 0.717) is 13.0 Å². The fourth-order valence-corrected chi connectivity index (χ4v) is 5.30. The van der Waals surface area contributed by atoms with E-state index in [1.807, 2.05) is 0 Å². The van der Waals surface area contributed by atoms with Crippen LogP contribution in [0.15, 0.2) is 18.2 Å². The second kappa shape index (κ2) is 6.15. The summed E-state index contributed by atoms with van der Waals surface area (Å²) >= 11 is 0. The molecule has 0 aliphatic carbocycles. The predicted octanol–water partition coefficient (Wildman–Crippen LogP) is 1.39. The minimum Gasteiger partial charge on any atom is -0.362 e. The van der Waals surface area contributed by atoms with Crippen LogP contribution in [0, 0.1) is 6.92 Å². The van der Waals surface area contributed by atoms with Crippen molar-refractivity contribution in [3.63, 3.8) is 0 Å². The maximum atomic E-state index is 12.6. The van der Waals surface area contributed by atoms with Gasteiger partial charge in [-0.3, -0.25) is 4.79 Å². The Morgan fingerprint density at radius 3 is 2.87 bits per heavy atom. The summed E-state index contributed by atoms with van der Waals surface area (Å²) in [5.74, 6) is 0.298. The smallest absolute Gasteiger partial charge is 0.242 e. The van der Waals surface area contributed by atoms with Gasteiger partial charge in [0.1, 0.15) is 0 Å². The summed E-state index contributed by atoms with van der Waals surface area (Å²) in [6.07, 6.45) is 2.66. The van der Waals surface area contributed by atoms with Gasteiger partial charge in [0, 0.05) is 25.3 Å². The van der Waals surface area contributed by atoms with Crippen LogP contribution in [0.5, 0.6) is 0 Å². The summed E-state index contributed by atoms with van der Waals surface area (Å²) in [5, 5.41) is 0. The molecule has 1 amide bonds. The molecule has 1 atom stereocenters. The summed E-state index contributed by atoms with van der Waals surface area (Å²) in [6.45, 7) is 3.28. The number of likely N-dealkylation sites (N-methyl/N-ethyl adjacent to an activating group) is 1. The maximum Gasteiger partial charge on any atom is 0.242 e. The number of fused-ring (bicyclic) bond motifs is 1. The molecule has 0 aromatic heterocycles. The Bertz CT molecular complexity index is 715. The van der Waals surface area contributed by atoms with Crippen LogP contribution in [0.1, 0.15) is 24.0 Å². The monoisotopic (exact) mass is 336 g/mol. The van der Waals surface area contributed by atoms with Crippen LogP contribution in [0.25, 0.3) is 0 Å². The average Bonchev–Trinajstić information content (AvgIpc) is 2.86. The van der Waals surface area contributed by atoms with Crippen molar-refractivity contribution in [2.75, 3.05) is 36.5 Å². The quantitative estimate of drug-likeness (QED) is 0.837. The summed E-state index contributed by atoms with van der Waals surface area (Å²) < 4.78 is 23.2. The lowest BCUT2D eigenvalue weighted by Gasteiger charge is -2.33. The van der Waals surface area contributed by atoms with Gasteiger partial charge in [0.15, 0.2) is 9.84 Å². The number of nitrogens with zero attached hydrogens (tertiary/aromatic N) is 2. The number of benzene rings is 1. The molecule has 3 rings (SSSR count). The van der Waals surface area contributed by atoms with Crippen molar-refractivity contribution in [1.29, 1.82) is 0 Å². The van der Waals surface area contributed by atoms with Gasteiger partial charge in [-0.2, -0.15) is 0 Å². The lowest BCUT2D eigenvalue weighted by Crippen LogP contribution is -2.45. The van der Waals surface area contributed by atoms with E-state index in [4.69, 9.17) is 0 Å². The van der Waals surface area contributed by atoms with Crippen LogP contribution in [0.4, 0.5) is 5.69 Å². The van der Waals surface area contributed by atoms with Crippen LogP contribution in [0.3, 0.4) is 0 Å². The van der Waals surface area contributed by atoms with Crippen molar-refractivity contribution in [2.24, 2.45) is 0 Å². The molecule has 0 saturated carbocycles. The lowest BCUT2D eigenvalue weighted by atomic mass is 9.99. The highest BCUT2D eigenvalue weighted by Gasteiger charge is 2.33. The summed E-state index contributed by atoms with van der Waals surface area (Å²) in [5.41, 5.74) is 3.68. The predicted molar refractivity (Wildman–Crippen MR) is 91.5 cm³/mol. The molecule has 2 heterocycles. The standard InChI is InChI=1S/C17H24N2O3S/c1-13-5-6-16-14(10-13)4-3-8-19(16)11-17(20)18(2)15-7-9-23(21,22)12-15/h5-6,10,15H,3-4,7-9,11-12H2,1-2H3/t15-/m0/s1. The van der Waals surface area contributed by atoms with Crippen molar-refractivity contribution < 1.29 is 13.2 Å². The highest BCUT2D eigenvalue weighted by Crippen LogP contribution is 2.28. The van der Waals surface area contributed by atoms with Crippen LogP contribution >= 0.6 is 0 Å². The van der Waals surface area contributed by atoms with Gasteiger partial charge in [0.25, 0.3) is 0 Å². The molecule has 1 aromatic rings. The van der Waals surface area contributed by atoms with E-state index in [-0.39, 0.29) is 23.5 Å². The zero-order chi connectivity index (χ0) is 16.6. The molecule has 0 spiro atoms. The average molecular weight is 336 g/mol. The van der Waals surface area contributed by atoms with Crippen LogP contribution in [0.2, 0.25) is 0 Å². The Hall–Kier alpha value is -1.56. The highest BCUT2D eigenvalue weighted by atomic mass is 32.2. The van der Waals surface area contributed by atoms with Crippen LogP contribution in [-0.4, -0.2) is 56.9 Å². The maximum absolute atomic E-state index is 12.6. The van der Waals surface area contributed by atoms with Crippen molar-refractivity contribution in [3.8, 4) is 0 Å². The van der Waals surface area contributed by atoms with Gasteiger partial charge >= 0.3 is 0 Å². The molecule has 0 unspecified atom stereocenters. The Balaban J connectivity index is 1.69. The van der Waals surface area contributed by atoms with Crippen molar-refractivity contribution >= 4 is 21.4 Å². The number of carbonyl (C=O) groups excluding carboxylic acids is 1. The number of anilines is 1. The number of carbonyl (C=O) groups is 1. The molecule has 0 bridgehead atoms. The molecule has 1 fully saturated rings. The molecule has 23 heavy (non-hydrogen) atoms. The fourth-order valence-electron chi connectivity index (χ4n) is 3.53. The topological polar surface area (TPSA) is 57.7 Å². The summed E-state index contributed by atoms with van der Waals surface area (Å²) in [6, 6.07) is 6.19. The van der Waals surface area contributed by atoms with Gasteiger partial charge in [0.2, 0.25) is 5.91 Å². The molecule has 6 heteroatoms. The minimum absolute atomic E-state index is 0.000486.